The molecule has 0 aromatic heterocycles. The van der Waals surface area contributed by atoms with E-state index in [2.05, 4.69) is 4.72 Å². The van der Waals surface area contributed by atoms with E-state index in [4.69, 9.17) is 23.2 Å². The Kier molecular flexibility index (Phi) is 5.40. The first kappa shape index (κ1) is 15.7. The van der Waals surface area contributed by atoms with Crippen LogP contribution in [-0.4, -0.2) is 20.3 Å². The zero-order chi connectivity index (χ0) is 13.9. The van der Waals surface area contributed by atoms with Crippen molar-refractivity contribution in [3.63, 3.8) is 0 Å². The third-order valence-electron chi connectivity index (χ3n) is 2.62. The van der Waals surface area contributed by atoms with Crippen molar-refractivity contribution in [2.24, 2.45) is 5.92 Å². The quantitative estimate of drug-likeness (QED) is 0.849. The molecule has 7 heteroatoms. The smallest absolute Gasteiger partial charge is 0.208 e. The SMILES string of the molecule is CC(CCl)C(C)NS(=O)(=O)c1cc(F)ccc1Cl. The molecule has 0 spiro atoms. The second-order valence-corrected chi connectivity index (χ2v) is 6.51. The number of rotatable bonds is 5. The van der Waals surface area contributed by atoms with Gasteiger partial charge in [-0.25, -0.2) is 17.5 Å². The summed E-state index contributed by atoms with van der Waals surface area (Å²) in [5.74, 6) is -0.382. The van der Waals surface area contributed by atoms with Crippen molar-refractivity contribution >= 4 is 33.2 Å². The minimum Gasteiger partial charge on any atom is -0.208 e. The van der Waals surface area contributed by atoms with Crippen LogP contribution >= 0.6 is 23.2 Å². The van der Waals surface area contributed by atoms with E-state index in [0.29, 0.717) is 5.88 Å². The predicted octanol–water partition coefficient (Wildman–Crippen LogP) is 3.02. The molecule has 0 aliphatic heterocycles. The molecule has 0 aliphatic carbocycles. The van der Waals surface area contributed by atoms with Crippen LogP contribution in [0.2, 0.25) is 5.02 Å². The fourth-order valence-corrected chi connectivity index (χ4v) is 3.37. The van der Waals surface area contributed by atoms with Gasteiger partial charge < -0.3 is 0 Å². The lowest BCUT2D eigenvalue weighted by molar-refractivity contribution is 0.480. The topological polar surface area (TPSA) is 46.2 Å². The molecule has 18 heavy (non-hydrogen) atoms. The van der Waals surface area contributed by atoms with Crippen molar-refractivity contribution in [1.29, 1.82) is 0 Å². The van der Waals surface area contributed by atoms with Gasteiger partial charge in [0, 0.05) is 11.9 Å². The molecule has 0 saturated carbocycles. The zero-order valence-electron chi connectivity index (χ0n) is 9.95. The van der Waals surface area contributed by atoms with E-state index in [9.17, 15) is 12.8 Å². The van der Waals surface area contributed by atoms with E-state index in [1.807, 2.05) is 6.92 Å². The molecule has 2 atom stereocenters. The number of nitrogens with one attached hydrogen (secondary N) is 1. The van der Waals surface area contributed by atoms with Gasteiger partial charge in [-0.3, -0.25) is 0 Å². The molecule has 0 bridgehead atoms. The number of hydrogen-bond donors (Lipinski definition) is 1. The van der Waals surface area contributed by atoms with E-state index in [0.717, 1.165) is 12.1 Å². The van der Waals surface area contributed by atoms with Crippen LogP contribution in [0.25, 0.3) is 0 Å². The van der Waals surface area contributed by atoms with Crippen LogP contribution in [-0.2, 0) is 10.0 Å². The first-order valence-electron chi connectivity index (χ1n) is 5.31. The van der Waals surface area contributed by atoms with Crippen LogP contribution in [0.1, 0.15) is 13.8 Å². The van der Waals surface area contributed by atoms with Crippen LogP contribution in [0.3, 0.4) is 0 Å². The van der Waals surface area contributed by atoms with Gasteiger partial charge in [-0.2, -0.15) is 0 Å². The summed E-state index contributed by atoms with van der Waals surface area (Å²) in [4.78, 5) is -0.266. The summed E-state index contributed by atoms with van der Waals surface area (Å²) in [7, 11) is -3.85. The molecule has 0 heterocycles. The van der Waals surface area contributed by atoms with Crippen molar-refractivity contribution in [1.82, 2.24) is 4.72 Å². The van der Waals surface area contributed by atoms with Crippen molar-refractivity contribution < 1.29 is 12.8 Å². The average molecular weight is 314 g/mol. The van der Waals surface area contributed by atoms with Crippen molar-refractivity contribution in [3.8, 4) is 0 Å². The molecule has 0 aliphatic rings. The van der Waals surface area contributed by atoms with Crippen molar-refractivity contribution in [3.05, 3.63) is 29.0 Å². The number of alkyl halides is 1. The molecular weight excluding hydrogens is 300 g/mol. The van der Waals surface area contributed by atoms with E-state index in [1.165, 1.54) is 6.07 Å². The summed E-state index contributed by atoms with van der Waals surface area (Å²) in [5.41, 5.74) is 0. The highest BCUT2D eigenvalue weighted by Gasteiger charge is 2.23. The monoisotopic (exact) mass is 313 g/mol. The normalized spacial score (nSPS) is 15.4. The number of hydrogen-bond acceptors (Lipinski definition) is 2. The van der Waals surface area contributed by atoms with Gasteiger partial charge in [0.1, 0.15) is 10.7 Å². The Labute approximate surface area is 116 Å². The molecule has 0 fully saturated rings. The maximum Gasteiger partial charge on any atom is 0.242 e. The lowest BCUT2D eigenvalue weighted by Gasteiger charge is -2.19. The summed E-state index contributed by atoms with van der Waals surface area (Å²) in [6.07, 6.45) is 0. The van der Waals surface area contributed by atoms with Gasteiger partial charge in [0.2, 0.25) is 10.0 Å². The van der Waals surface area contributed by atoms with Crippen LogP contribution < -0.4 is 4.72 Å². The largest absolute Gasteiger partial charge is 0.242 e. The Morgan fingerprint density at radius 2 is 2.00 bits per heavy atom. The molecule has 2 unspecified atom stereocenters. The molecule has 1 N–H and O–H groups in total. The molecule has 0 radical (unpaired) electrons. The highest BCUT2D eigenvalue weighted by Crippen LogP contribution is 2.22. The van der Waals surface area contributed by atoms with Gasteiger partial charge in [-0.1, -0.05) is 18.5 Å². The fraction of sp³-hybridized carbons (Fsp3) is 0.455. The number of halogens is 3. The van der Waals surface area contributed by atoms with Crippen LogP contribution in [0.5, 0.6) is 0 Å². The van der Waals surface area contributed by atoms with Crippen LogP contribution in [0.15, 0.2) is 23.1 Å². The Balaban J connectivity index is 3.03. The van der Waals surface area contributed by atoms with Gasteiger partial charge >= 0.3 is 0 Å². The molecule has 102 valence electrons. The molecule has 3 nitrogen and oxygen atoms in total. The third-order valence-corrected chi connectivity index (χ3v) is 5.15. The molecule has 1 rings (SSSR count). The average Bonchev–Trinajstić information content (AvgIpc) is 2.30. The predicted molar refractivity (Wildman–Crippen MR) is 71.1 cm³/mol. The van der Waals surface area contributed by atoms with E-state index in [-0.39, 0.29) is 21.9 Å². The van der Waals surface area contributed by atoms with Gasteiger partial charge in [-0.05, 0) is 31.0 Å². The van der Waals surface area contributed by atoms with Gasteiger partial charge in [0.15, 0.2) is 0 Å². The first-order valence-corrected chi connectivity index (χ1v) is 7.71. The van der Waals surface area contributed by atoms with Gasteiger partial charge in [0.25, 0.3) is 0 Å². The lowest BCUT2D eigenvalue weighted by atomic mass is 10.1. The van der Waals surface area contributed by atoms with E-state index < -0.39 is 15.8 Å². The summed E-state index contributed by atoms with van der Waals surface area (Å²) in [6.45, 7) is 3.51. The molecule has 0 amide bonds. The Morgan fingerprint density at radius 3 is 2.56 bits per heavy atom. The van der Waals surface area contributed by atoms with Crippen LogP contribution in [0, 0.1) is 11.7 Å². The van der Waals surface area contributed by atoms with Gasteiger partial charge in [0.05, 0.1) is 5.02 Å². The molecule has 1 aromatic rings. The molecular formula is C11H14Cl2FNO2S. The maximum absolute atomic E-state index is 13.1. The number of benzene rings is 1. The fourth-order valence-electron chi connectivity index (χ4n) is 1.24. The highest BCUT2D eigenvalue weighted by atomic mass is 35.5. The van der Waals surface area contributed by atoms with Gasteiger partial charge in [-0.15, -0.1) is 11.6 Å². The standard InChI is InChI=1S/C11H14Cl2FNO2S/c1-7(6-12)8(2)15-18(16,17)11-5-9(14)3-4-10(11)13/h3-5,7-8,15H,6H2,1-2H3. The molecule has 0 saturated heterocycles. The Bertz CT molecular complexity index is 522. The van der Waals surface area contributed by atoms with E-state index >= 15 is 0 Å². The first-order chi connectivity index (χ1) is 8.27. The maximum atomic E-state index is 13.1. The lowest BCUT2D eigenvalue weighted by Crippen LogP contribution is -2.37. The summed E-state index contributed by atoms with van der Waals surface area (Å²) in [5, 5.41) is -0.0189. The minimum atomic E-state index is -3.85. The molecule has 1 aromatic carbocycles. The summed E-state index contributed by atoms with van der Waals surface area (Å²) < 4.78 is 39.6. The van der Waals surface area contributed by atoms with E-state index in [1.54, 1.807) is 6.92 Å². The van der Waals surface area contributed by atoms with Crippen molar-refractivity contribution in [2.75, 3.05) is 5.88 Å². The summed E-state index contributed by atoms with van der Waals surface area (Å²) in [6, 6.07) is 2.84. The minimum absolute atomic E-state index is 0.0189. The Morgan fingerprint density at radius 1 is 1.39 bits per heavy atom. The van der Waals surface area contributed by atoms with Crippen molar-refractivity contribution in [2.45, 2.75) is 24.8 Å². The zero-order valence-corrected chi connectivity index (χ0v) is 12.3. The highest BCUT2D eigenvalue weighted by molar-refractivity contribution is 7.89. The van der Waals surface area contributed by atoms with Crippen LogP contribution in [0.4, 0.5) is 4.39 Å². The Hall–Kier alpha value is -0.360. The second-order valence-electron chi connectivity index (χ2n) is 4.12. The second kappa shape index (κ2) is 6.19. The third kappa shape index (κ3) is 3.82. The summed E-state index contributed by atoms with van der Waals surface area (Å²) >= 11 is 11.4. The number of sulfonamides is 1.